The highest BCUT2D eigenvalue weighted by atomic mass is 15.2. The van der Waals surface area contributed by atoms with Gasteiger partial charge in [0.2, 0.25) is 0 Å². The molecule has 0 bridgehead atoms. The highest BCUT2D eigenvalue weighted by Crippen LogP contribution is 2.56. The molecule has 4 heteroatoms. The van der Waals surface area contributed by atoms with Crippen LogP contribution in [0.4, 0.5) is 34.1 Å². The van der Waals surface area contributed by atoms with Gasteiger partial charge in [-0.3, -0.25) is 0 Å². The minimum atomic E-state index is -0.461. The Morgan fingerprint density at radius 1 is 0.319 bits per heavy atom. The molecule has 0 atom stereocenters. The lowest BCUT2D eigenvalue weighted by Gasteiger charge is -2.26. The quantitative estimate of drug-likeness (QED) is 0.151. The monoisotopic (exact) mass is 928 g/mol. The molecule has 11 aromatic carbocycles. The van der Waals surface area contributed by atoms with Crippen LogP contribution in [0.2, 0.25) is 0 Å². The summed E-state index contributed by atoms with van der Waals surface area (Å²) in [4.78, 5) is 3.64. The summed E-state index contributed by atoms with van der Waals surface area (Å²) < 4.78 is 94.8. The van der Waals surface area contributed by atoms with E-state index in [1.54, 1.807) is 0 Å². The molecule has 0 saturated heterocycles. The van der Waals surface area contributed by atoms with Gasteiger partial charge in [-0.25, -0.2) is 0 Å². The highest BCUT2D eigenvalue weighted by Gasteiger charge is 2.32. The molecule has 4 aromatic heterocycles. The molecule has 0 spiro atoms. The van der Waals surface area contributed by atoms with Crippen molar-refractivity contribution in [3.63, 3.8) is 0 Å². The van der Waals surface area contributed by atoms with E-state index in [0.29, 0.717) is 22.7 Å². The van der Waals surface area contributed by atoms with Gasteiger partial charge in [-0.05, 0) is 97.7 Å². The van der Waals surface area contributed by atoms with E-state index in [-0.39, 0.29) is 35.5 Å². The fourth-order valence-electron chi connectivity index (χ4n) is 11.8. The van der Waals surface area contributed by atoms with Crippen LogP contribution in [-0.4, -0.2) is 8.80 Å². The largest absolute Gasteiger partial charge is 0.310 e. The Bertz CT molecular complexity index is 4790. The Morgan fingerprint density at radius 3 is 1.07 bits per heavy atom. The predicted octanol–water partition coefficient (Wildman–Crippen LogP) is 18.9. The van der Waals surface area contributed by atoms with Crippen molar-refractivity contribution in [2.45, 2.75) is 13.8 Å². The molecule has 15 aromatic rings. The van der Waals surface area contributed by atoms with E-state index in [9.17, 15) is 5.48 Å². The van der Waals surface area contributed by atoms with Gasteiger partial charge in [0.1, 0.15) is 0 Å². The van der Waals surface area contributed by atoms with Crippen molar-refractivity contribution in [3.05, 3.63) is 254 Å². The van der Waals surface area contributed by atoms with Crippen LogP contribution in [0.25, 0.3) is 98.4 Å². The lowest BCUT2D eigenvalue weighted by Crippen LogP contribution is -2.10. The molecule has 0 radical (unpaired) electrons. The molecule has 0 N–H and O–H groups in total. The van der Waals surface area contributed by atoms with Crippen molar-refractivity contribution in [1.29, 1.82) is 0 Å². The summed E-state index contributed by atoms with van der Waals surface area (Å²) in [6.07, 6.45) is 0. The van der Waals surface area contributed by atoms with Gasteiger partial charge in [-0.1, -0.05) is 181 Å². The molecular weight excluding hydrogens is 873 g/mol. The number of para-hydroxylation sites is 4. The standard InChI is InChI=1S/C68H46N4/c1-43-35-39-49(40-36-43)69(47-23-11-5-12-24-47)55-31-17-33-57-61(55)51-27-15-29-53-63-60(46-21-9-4-10-22-46)68-64(59(45-19-7-3-8-20-45)67(63)71(57)65(51)53)54-30-16-28-52-62-56(32-18-34-58(62)72(68)66(52)54)70(48-25-13-6-14-26-48)50-41-37-44(2)38-42-50/h3-42H,1-2H3/i5D,6D,11D,12D,13D,14D,23D,24D,25D,26D. The van der Waals surface area contributed by atoms with Crippen LogP contribution in [0.15, 0.2) is 242 Å². The SMILES string of the molecule is [2H]c1c([2H])c([2H])c(N(c2ccc(C)cc2)c2cccc3c2c2cccc4c5c(-c6ccccc6)c6c(c(-c7ccccc7)c5n3c24)c2cccc3c4c(N(c5ccc(C)cc5)c5c([2H])c([2H])c([2H])c([2H])c5[2H])cccc4n6c32)c([2H])c1[2H]. The summed E-state index contributed by atoms with van der Waals surface area (Å²) in [5.74, 6) is 0. The van der Waals surface area contributed by atoms with Crippen LogP contribution in [0.5, 0.6) is 0 Å². The minimum Gasteiger partial charge on any atom is -0.310 e. The molecule has 72 heavy (non-hydrogen) atoms. The van der Waals surface area contributed by atoms with Crippen molar-refractivity contribution < 1.29 is 13.7 Å². The maximum atomic E-state index is 9.36. The average molecular weight is 929 g/mol. The number of hydrogen-bond donors (Lipinski definition) is 0. The fourth-order valence-corrected chi connectivity index (χ4v) is 11.8. The molecule has 0 fully saturated rings. The lowest BCUT2D eigenvalue weighted by molar-refractivity contribution is 1.29. The molecule has 4 heterocycles. The molecule has 338 valence electrons. The molecule has 0 aliphatic rings. The normalized spacial score (nSPS) is 14.0. The number of rotatable bonds is 8. The van der Waals surface area contributed by atoms with E-state index in [2.05, 4.69) is 106 Å². The van der Waals surface area contributed by atoms with Gasteiger partial charge in [-0.15, -0.1) is 0 Å². The zero-order chi connectivity index (χ0) is 56.3. The zero-order valence-electron chi connectivity index (χ0n) is 49.1. The second kappa shape index (κ2) is 15.6. The summed E-state index contributed by atoms with van der Waals surface area (Å²) in [6.45, 7) is 3.99. The Morgan fingerprint density at radius 2 is 0.681 bits per heavy atom. The van der Waals surface area contributed by atoms with Gasteiger partial charge in [-0.2, -0.15) is 0 Å². The first kappa shape index (κ1) is 31.7. The van der Waals surface area contributed by atoms with Gasteiger partial charge >= 0.3 is 0 Å². The number of anilines is 6. The van der Waals surface area contributed by atoms with Crippen LogP contribution < -0.4 is 9.80 Å². The van der Waals surface area contributed by atoms with Crippen LogP contribution in [0.3, 0.4) is 0 Å². The first-order valence-electron chi connectivity index (χ1n) is 29.1. The maximum Gasteiger partial charge on any atom is 0.0645 e. The topological polar surface area (TPSA) is 15.3 Å². The third-order valence-electron chi connectivity index (χ3n) is 14.6. The number of hydrogen-bond acceptors (Lipinski definition) is 2. The van der Waals surface area contributed by atoms with E-state index in [1.165, 1.54) is 0 Å². The van der Waals surface area contributed by atoms with E-state index in [0.717, 1.165) is 110 Å². The third kappa shape index (κ3) is 5.69. The van der Waals surface area contributed by atoms with Crippen molar-refractivity contribution >= 4 is 110 Å². The first-order chi connectivity index (χ1) is 39.8. The molecule has 0 aliphatic heterocycles. The average Bonchev–Trinajstić information content (AvgIpc) is 2.04. The maximum absolute atomic E-state index is 9.36. The molecule has 0 unspecified atom stereocenters. The summed E-state index contributed by atoms with van der Waals surface area (Å²) in [5, 5.41) is 7.58. The van der Waals surface area contributed by atoms with E-state index in [4.69, 9.17) is 8.22 Å². The first-order valence-corrected chi connectivity index (χ1v) is 24.1. The Hall–Kier alpha value is -9.38. The molecule has 0 aliphatic carbocycles. The van der Waals surface area contributed by atoms with E-state index in [1.807, 2.05) is 109 Å². The van der Waals surface area contributed by atoms with Gasteiger partial charge in [0.05, 0.1) is 58.2 Å². The molecule has 4 nitrogen and oxygen atoms in total. The van der Waals surface area contributed by atoms with Crippen molar-refractivity contribution in [3.8, 4) is 22.3 Å². The second-order valence-corrected chi connectivity index (χ2v) is 18.6. The zero-order valence-corrected chi connectivity index (χ0v) is 39.1. The summed E-state index contributed by atoms with van der Waals surface area (Å²) in [5.41, 5.74) is 14.3. The lowest BCUT2D eigenvalue weighted by atomic mass is 9.89. The molecule has 0 saturated carbocycles. The number of aromatic nitrogens is 2. The van der Waals surface area contributed by atoms with Crippen LogP contribution in [0, 0.1) is 13.8 Å². The highest BCUT2D eigenvalue weighted by molar-refractivity contribution is 6.39. The van der Waals surface area contributed by atoms with Crippen LogP contribution in [0.1, 0.15) is 24.8 Å². The van der Waals surface area contributed by atoms with Gasteiger partial charge in [0, 0.05) is 77.0 Å². The summed E-state index contributed by atoms with van der Waals surface area (Å²) >= 11 is 0. The van der Waals surface area contributed by atoms with Crippen LogP contribution in [-0.2, 0) is 0 Å². The molecular formula is C68H46N4. The van der Waals surface area contributed by atoms with E-state index >= 15 is 0 Å². The van der Waals surface area contributed by atoms with Crippen molar-refractivity contribution in [2.75, 3.05) is 9.80 Å². The number of fused-ring (bicyclic) bond motifs is 12. The van der Waals surface area contributed by atoms with Crippen LogP contribution >= 0.6 is 0 Å². The van der Waals surface area contributed by atoms with E-state index < -0.39 is 36.3 Å². The van der Waals surface area contributed by atoms with Gasteiger partial charge in [0.25, 0.3) is 0 Å². The Kier molecular flexibility index (Phi) is 6.85. The number of benzene rings is 11. The Labute approximate surface area is 430 Å². The molecule has 15 rings (SSSR count). The van der Waals surface area contributed by atoms with Crippen molar-refractivity contribution in [2.24, 2.45) is 0 Å². The number of aryl methyl sites for hydroxylation is 2. The fraction of sp³-hybridized carbons (Fsp3) is 0.0294. The summed E-state index contributed by atoms with van der Waals surface area (Å²) in [7, 11) is 0. The molecule has 0 amide bonds. The van der Waals surface area contributed by atoms with Crippen molar-refractivity contribution in [1.82, 2.24) is 8.80 Å². The Balaban J connectivity index is 1.13. The second-order valence-electron chi connectivity index (χ2n) is 18.6. The smallest absolute Gasteiger partial charge is 0.0645 e. The predicted molar refractivity (Wildman–Crippen MR) is 305 cm³/mol. The summed E-state index contributed by atoms with van der Waals surface area (Å²) in [6, 6.07) is 57.7. The van der Waals surface area contributed by atoms with Gasteiger partial charge < -0.3 is 18.6 Å². The number of nitrogens with zero attached hydrogens (tertiary/aromatic N) is 4. The van der Waals surface area contributed by atoms with Gasteiger partial charge in [0.15, 0.2) is 0 Å². The minimum absolute atomic E-state index is 0.0479. The third-order valence-corrected chi connectivity index (χ3v) is 14.6.